The van der Waals surface area contributed by atoms with Crippen LogP contribution in [0.15, 0.2) is 48.8 Å². The number of hydrogen-bond acceptors (Lipinski definition) is 6. The van der Waals surface area contributed by atoms with E-state index in [1.165, 1.54) is 0 Å². The van der Waals surface area contributed by atoms with E-state index >= 15 is 0 Å². The summed E-state index contributed by atoms with van der Waals surface area (Å²) in [7, 11) is 0. The van der Waals surface area contributed by atoms with Crippen molar-refractivity contribution in [3.05, 3.63) is 54.5 Å². The maximum absolute atomic E-state index is 12.0. The standard InChI is InChI=1S/C18H21N7O/c1-3-19-18-21-13(2)11-16(24-18)22-14-5-7-15(8-6-14)23-17(26)12-25-10-4-9-20-25/h4-11H,3,12H2,1-2H3,(H,23,26)(H2,19,21,22,24). The van der Waals surface area contributed by atoms with Crippen molar-refractivity contribution >= 4 is 29.0 Å². The predicted molar refractivity (Wildman–Crippen MR) is 102 cm³/mol. The summed E-state index contributed by atoms with van der Waals surface area (Å²) in [6, 6.07) is 11.1. The molecule has 0 spiro atoms. The Hall–Kier alpha value is -3.42. The number of aryl methyl sites for hydroxylation is 1. The van der Waals surface area contributed by atoms with Crippen molar-refractivity contribution in [3.63, 3.8) is 0 Å². The monoisotopic (exact) mass is 351 g/mol. The Labute approximate surface area is 151 Å². The third kappa shape index (κ3) is 4.79. The molecule has 0 aliphatic rings. The van der Waals surface area contributed by atoms with Crippen LogP contribution < -0.4 is 16.0 Å². The van der Waals surface area contributed by atoms with Crippen LogP contribution in [0.4, 0.5) is 23.1 Å². The van der Waals surface area contributed by atoms with Crippen molar-refractivity contribution in [3.8, 4) is 0 Å². The first-order valence-corrected chi connectivity index (χ1v) is 8.36. The number of anilines is 4. The highest BCUT2D eigenvalue weighted by atomic mass is 16.2. The van der Waals surface area contributed by atoms with E-state index in [0.29, 0.717) is 11.8 Å². The lowest BCUT2D eigenvalue weighted by Crippen LogP contribution is -2.18. The quantitative estimate of drug-likeness (QED) is 0.606. The molecule has 8 nitrogen and oxygen atoms in total. The summed E-state index contributed by atoms with van der Waals surface area (Å²) in [5, 5.41) is 13.2. The third-order valence-corrected chi connectivity index (χ3v) is 3.49. The van der Waals surface area contributed by atoms with Crippen molar-refractivity contribution < 1.29 is 4.79 Å². The van der Waals surface area contributed by atoms with E-state index in [4.69, 9.17) is 0 Å². The van der Waals surface area contributed by atoms with E-state index in [1.54, 1.807) is 23.1 Å². The minimum Gasteiger partial charge on any atom is -0.354 e. The Morgan fingerprint density at radius 1 is 1.15 bits per heavy atom. The van der Waals surface area contributed by atoms with Gasteiger partial charge in [0, 0.05) is 42.1 Å². The first-order valence-electron chi connectivity index (χ1n) is 8.36. The normalized spacial score (nSPS) is 10.4. The first kappa shape index (κ1) is 17.4. The van der Waals surface area contributed by atoms with E-state index < -0.39 is 0 Å². The highest BCUT2D eigenvalue weighted by Gasteiger charge is 2.05. The number of nitrogens with zero attached hydrogens (tertiary/aromatic N) is 4. The van der Waals surface area contributed by atoms with Gasteiger partial charge in [-0.1, -0.05) is 0 Å². The summed E-state index contributed by atoms with van der Waals surface area (Å²) < 4.78 is 1.57. The van der Waals surface area contributed by atoms with Crippen molar-refractivity contribution in [1.82, 2.24) is 19.7 Å². The van der Waals surface area contributed by atoms with Gasteiger partial charge in [-0.05, 0) is 44.2 Å². The molecule has 0 unspecified atom stereocenters. The lowest BCUT2D eigenvalue weighted by Gasteiger charge is -2.10. The van der Waals surface area contributed by atoms with Crippen molar-refractivity contribution in [2.45, 2.75) is 20.4 Å². The molecule has 0 atom stereocenters. The van der Waals surface area contributed by atoms with Gasteiger partial charge >= 0.3 is 0 Å². The molecule has 2 heterocycles. The van der Waals surface area contributed by atoms with E-state index in [0.717, 1.165) is 23.6 Å². The molecule has 0 saturated heterocycles. The Bertz CT molecular complexity index is 860. The topological polar surface area (TPSA) is 96.8 Å². The van der Waals surface area contributed by atoms with Crippen LogP contribution in [-0.2, 0) is 11.3 Å². The van der Waals surface area contributed by atoms with Gasteiger partial charge in [-0.3, -0.25) is 9.48 Å². The zero-order chi connectivity index (χ0) is 18.4. The van der Waals surface area contributed by atoms with Crippen molar-refractivity contribution in [1.29, 1.82) is 0 Å². The number of aromatic nitrogens is 4. The molecule has 1 aromatic carbocycles. The molecule has 8 heteroatoms. The second-order valence-electron chi connectivity index (χ2n) is 5.70. The van der Waals surface area contributed by atoms with Crippen LogP contribution in [-0.4, -0.2) is 32.2 Å². The lowest BCUT2D eigenvalue weighted by molar-refractivity contribution is -0.116. The van der Waals surface area contributed by atoms with Crippen LogP contribution in [0, 0.1) is 6.92 Å². The zero-order valence-electron chi connectivity index (χ0n) is 14.7. The Kier molecular flexibility index (Phi) is 5.43. The maximum atomic E-state index is 12.0. The minimum absolute atomic E-state index is 0.129. The molecule has 0 saturated carbocycles. The molecule has 0 aliphatic heterocycles. The van der Waals surface area contributed by atoms with Gasteiger partial charge < -0.3 is 16.0 Å². The summed E-state index contributed by atoms with van der Waals surface area (Å²) in [6.07, 6.45) is 3.39. The van der Waals surface area contributed by atoms with Crippen LogP contribution in [0.5, 0.6) is 0 Å². The fraction of sp³-hybridized carbons (Fsp3) is 0.222. The number of hydrogen-bond donors (Lipinski definition) is 3. The number of benzene rings is 1. The molecule has 2 aromatic heterocycles. The molecule has 26 heavy (non-hydrogen) atoms. The summed E-state index contributed by atoms with van der Waals surface area (Å²) >= 11 is 0. The number of nitrogens with one attached hydrogen (secondary N) is 3. The number of carbonyl (C=O) groups is 1. The Morgan fingerprint density at radius 2 is 1.92 bits per heavy atom. The molecule has 134 valence electrons. The predicted octanol–water partition coefficient (Wildman–Crippen LogP) is 2.80. The van der Waals surface area contributed by atoms with Gasteiger partial charge in [-0.15, -0.1) is 0 Å². The minimum atomic E-state index is -0.129. The molecular weight excluding hydrogens is 330 g/mol. The van der Waals surface area contributed by atoms with Gasteiger partial charge in [0.05, 0.1) is 0 Å². The first-order chi connectivity index (χ1) is 12.6. The van der Waals surface area contributed by atoms with Gasteiger partial charge in [0.15, 0.2) is 0 Å². The van der Waals surface area contributed by atoms with Crippen LogP contribution in [0.25, 0.3) is 0 Å². The molecule has 3 aromatic rings. The van der Waals surface area contributed by atoms with Gasteiger partial charge in [-0.25, -0.2) is 4.98 Å². The highest BCUT2D eigenvalue weighted by molar-refractivity contribution is 5.90. The van der Waals surface area contributed by atoms with Crippen LogP contribution in [0.1, 0.15) is 12.6 Å². The number of rotatable bonds is 7. The second kappa shape index (κ2) is 8.11. The Balaban J connectivity index is 1.61. The number of carbonyl (C=O) groups excluding carboxylic acids is 1. The molecule has 1 amide bonds. The largest absolute Gasteiger partial charge is 0.354 e. The summed E-state index contributed by atoms with van der Waals surface area (Å²) in [5.41, 5.74) is 2.47. The third-order valence-electron chi connectivity index (χ3n) is 3.49. The summed E-state index contributed by atoms with van der Waals surface area (Å²) in [5.74, 6) is 1.18. The Morgan fingerprint density at radius 3 is 2.62 bits per heavy atom. The van der Waals surface area contributed by atoms with E-state index in [2.05, 4.69) is 31.0 Å². The smallest absolute Gasteiger partial charge is 0.246 e. The fourth-order valence-corrected chi connectivity index (χ4v) is 2.40. The second-order valence-corrected chi connectivity index (χ2v) is 5.70. The molecule has 0 aliphatic carbocycles. The molecule has 3 rings (SSSR count). The van der Waals surface area contributed by atoms with E-state index in [-0.39, 0.29) is 12.5 Å². The molecular formula is C18H21N7O. The molecule has 0 bridgehead atoms. The van der Waals surface area contributed by atoms with Crippen LogP contribution >= 0.6 is 0 Å². The molecule has 0 fully saturated rings. The van der Waals surface area contributed by atoms with Crippen molar-refractivity contribution in [2.24, 2.45) is 0 Å². The summed E-state index contributed by atoms with van der Waals surface area (Å²) in [4.78, 5) is 20.7. The van der Waals surface area contributed by atoms with Gasteiger partial charge in [0.1, 0.15) is 12.4 Å². The highest BCUT2D eigenvalue weighted by Crippen LogP contribution is 2.19. The molecule has 0 radical (unpaired) electrons. The van der Waals surface area contributed by atoms with Gasteiger partial charge in [-0.2, -0.15) is 10.1 Å². The van der Waals surface area contributed by atoms with Crippen LogP contribution in [0.3, 0.4) is 0 Å². The van der Waals surface area contributed by atoms with Gasteiger partial charge in [0.2, 0.25) is 11.9 Å². The molecule has 3 N–H and O–H groups in total. The van der Waals surface area contributed by atoms with Crippen LogP contribution in [0.2, 0.25) is 0 Å². The lowest BCUT2D eigenvalue weighted by atomic mass is 10.2. The van der Waals surface area contributed by atoms with Gasteiger partial charge in [0.25, 0.3) is 0 Å². The maximum Gasteiger partial charge on any atom is 0.246 e. The van der Waals surface area contributed by atoms with E-state index in [1.807, 2.05) is 44.2 Å². The average Bonchev–Trinajstić information content (AvgIpc) is 3.09. The van der Waals surface area contributed by atoms with E-state index in [9.17, 15) is 4.79 Å². The SMILES string of the molecule is CCNc1nc(C)cc(Nc2ccc(NC(=O)Cn3cccn3)cc2)n1. The fourth-order valence-electron chi connectivity index (χ4n) is 2.40. The summed E-state index contributed by atoms with van der Waals surface area (Å²) in [6.45, 7) is 4.86. The number of amides is 1. The zero-order valence-corrected chi connectivity index (χ0v) is 14.7. The average molecular weight is 351 g/mol. The van der Waals surface area contributed by atoms with Crippen molar-refractivity contribution in [2.75, 3.05) is 22.5 Å².